The molecule has 0 radical (unpaired) electrons. The van der Waals surface area contributed by atoms with Crippen LogP contribution in [0.15, 0.2) is 29.6 Å². The van der Waals surface area contributed by atoms with Crippen LogP contribution in [-0.2, 0) is 9.53 Å². The van der Waals surface area contributed by atoms with E-state index in [1.54, 1.807) is 0 Å². The number of amides is 1. The SMILES string of the molecule is CC(C)Oc1ccc(-c2csc(NC(=O)C3CCOCC3)n2)cc1. The fourth-order valence-electron chi connectivity index (χ4n) is 2.61. The maximum Gasteiger partial charge on any atom is 0.229 e. The van der Waals surface area contributed by atoms with Crippen LogP contribution in [0.5, 0.6) is 5.75 Å². The van der Waals surface area contributed by atoms with Gasteiger partial charge in [-0.05, 0) is 51.0 Å². The van der Waals surface area contributed by atoms with E-state index in [1.165, 1.54) is 11.3 Å². The van der Waals surface area contributed by atoms with Gasteiger partial charge in [0.25, 0.3) is 0 Å². The van der Waals surface area contributed by atoms with Crippen molar-refractivity contribution in [2.45, 2.75) is 32.8 Å². The molecular formula is C18H22N2O3S. The number of carbonyl (C=O) groups excluding carboxylic acids is 1. The van der Waals surface area contributed by atoms with Crippen molar-refractivity contribution in [1.29, 1.82) is 0 Å². The first-order valence-corrected chi connectivity index (χ1v) is 9.11. The molecule has 0 unspecified atom stereocenters. The lowest BCUT2D eigenvalue weighted by molar-refractivity contribution is -0.122. The minimum absolute atomic E-state index is 0.0264. The Labute approximate surface area is 146 Å². The van der Waals surface area contributed by atoms with Crippen molar-refractivity contribution < 1.29 is 14.3 Å². The van der Waals surface area contributed by atoms with Crippen molar-refractivity contribution >= 4 is 22.4 Å². The topological polar surface area (TPSA) is 60.5 Å². The fourth-order valence-corrected chi connectivity index (χ4v) is 3.33. The third-order valence-electron chi connectivity index (χ3n) is 3.85. The van der Waals surface area contributed by atoms with Gasteiger partial charge in [0.2, 0.25) is 5.91 Å². The molecule has 2 aromatic rings. The standard InChI is InChI=1S/C18H22N2O3S/c1-12(2)23-15-5-3-13(4-6-15)16-11-24-18(19-16)20-17(21)14-7-9-22-10-8-14/h3-6,11-12,14H,7-10H2,1-2H3,(H,19,20,21). The predicted octanol–water partition coefficient (Wildman–Crippen LogP) is 3.96. The molecule has 0 atom stereocenters. The van der Waals surface area contributed by atoms with E-state index in [2.05, 4.69) is 10.3 Å². The Hall–Kier alpha value is -1.92. The Morgan fingerprint density at radius 3 is 2.67 bits per heavy atom. The average Bonchev–Trinajstić information content (AvgIpc) is 3.04. The van der Waals surface area contributed by atoms with Crippen LogP contribution < -0.4 is 10.1 Å². The second-order valence-electron chi connectivity index (χ2n) is 6.10. The maximum atomic E-state index is 12.2. The number of nitrogens with one attached hydrogen (secondary N) is 1. The van der Waals surface area contributed by atoms with Crippen LogP contribution >= 0.6 is 11.3 Å². The van der Waals surface area contributed by atoms with E-state index in [-0.39, 0.29) is 17.9 Å². The zero-order valence-electron chi connectivity index (χ0n) is 14.0. The van der Waals surface area contributed by atoms with Gasteiger partial charge in [-0.1, -0.05) is 0 Å². The Bertz CT molecular complexity index is 676. The molecule has 128 valence electrons. The van der Waals surface area contributed by atoms with Gasteiger partial charge in [-0.3, -0.25) is 4.79 Å². The average molecular weight is 346 g/mol. The molecule has 1 aliphatic heterocycles. The van der Waals surface area contributed by atoms with E-state index in [0.717, 1.165) is 29.8 Å². The molecule has 1 amide bonds. The van der Waals surface area contributed by atoms with Crippen LogP contribution in [0.25, 0.3) is 11.3 Å². The summed E-state index contributed by atoms with van der Waals surface area (Å²) in [6.45, 7) is 5.32. The van der Waals surface area contributed by atoms with E-state index in [1.807, 2.05) is 43.5 Å². The van der Waals surface area contributed by atoms with Gasteiger partial charge in [0.05, 0.1) is 11.8 Å². The number of anilines is 1. The summed E-state index contributed by atoms with van der Waals surface area (Å²) in [6.07, 6.45) is 1.71. The summed E-state index contributed by atoms with van der Waals surface area (Å²) in [6, 6.07) is 7.84. The Morgan fingerprint density at radius 1 is 1.29 bits per heavy atom. The monoisotopic (exact) mass is 346 g/mol. The van der Waals surface area contributed by atoms with E-state index in [0.29, 0.717) is 18.3 Å². The molecule has 1 N–H and O–H groups in total. The van der Waals surface area contributed by atoms with Crippen molar-refractivity contribution in [2.24, 2.45) is 5.92 Å². The van der Waals surface area contributed by atoms with Gasteiger partial charge in [0.1, 0.15) is 5.75 Å². The van der Waals surface area contributed by atoms with Gasteiger partial charge in [0, 0.05) is 30.1 Å². The zero-order valence-corrected chi connectivity index (χ0v) is 14.8. The normalized spacial score (nSPS) is 15.5. The lowest BCUT2D eigenvalue weighted by Gasteiger charge is -2.20. The molecule has 6 heteroatoms. The van der Waals surface area contributed by atoms with Crippen molar-refractivity contribution in [3.63, 3.8) is 0 Å². The minimum Gasteiger partial charge on any atom is -0.491 e. The van der Waals surface area contributed by atoms with Crippen LogP contribution in [0.3, 0.4) is 0 Å². The Kier molecular flexibility index (Phi) is 5.48. The fraction of sp³-hybridized carbons (Fsp3) is 0.444. The number of benzene rings is 1. The molecule has 2 heterocycles. The molecule has 1 aliphatic rings. The van der Waals surface area contributed by atoms with E-state index >= 15 is 0 Å². The number of aromatic nitrogens is 1. The summed E-state index contributed by atoms with van der Waals surface area (Å²) in [5, 5.41) is 5.53. The van der Waals surface area contributed by atoms with Crippen molar-refractivity contribution in [1.82, 2.24) is 4.98 Å². The lowest BCUT2D eigenvalue weighted by Crippen LogP contribution is -2.28. The molecule has 0 spiro atoms. The smallest absolute Gasteiger partial charge is 0.229 e. The molecule has 24 heavy (non-hydrogen) atoms. The highest BCUT2D eigenvalue weighted by Crippen LogP contribution is 2.27. The molecule has 1 aromatic carbocycles. The van der Waals surface area contributed by atoms with E-state index in [4.69, 9.17) is 9.47 Å². The first-order valence-electron chi connectivity index (χ1n) is 8.23. The predicted molar refractivity (Wildman–Crippen MR) is 95.5 cm³/mol. The Morgan fingerprint density at radius 2 is 2.00 bits per heavy atom. The lowest BCUT2D eigenvalue weighted by atomic mass is 10.00. The van der Waals surface area contributed by atoms with Crippen molar-refractivity contribution in [2.75, 3.05) is 18.5 Å². The number of hydrogen-bond donors (Lipinski definition) is 1. The molecule has 5 nitrogen and oxygen atoms in total. The second kappa shape index (κ2) is 7.77. The van der Waals surface area contributed by atoms with Gasteiger partial charge in [-0.15, -0.1) is 11.3 Å². The first kappa shape index (κ1) is 16.9. The van der Waals surface area contributed by atoms with Gasteiger partial charge < -0.3 is 14.8 Å². The highest BCUT2D eigenvalue weighted by Gasteiger charge is 2.22. The summed E-state index contributed by atoms with van der Waals surface area (Å²) < 4.78 is 10.9. The van der Waals surface area contributed by atoms with Gasteiger partial charge in [0.15, 0.2) is 5.13 Å². The highest BCUT2D eigenvalue weighted by atomic mass is 32.1. The summed E-state index contributed by atoms with van der Waals surface area (Å²) in [5.74, 6) is 0.912. The number of hydrogen-bond acceptors (Lipinski definition) is 5. The molecule has 1 aromatic heterocycles. The molecule has 0 bridgehead atoms. The quantitative estimate of drug-likeness (QED) is 0.890. The number of ether oxygens (including phenoxy) is 2. The number of nitrogens with zero attached hydrogens (tertiary/aromatic N) is 1. The first-order chi connectivity index (χ1) is 11.6. The third kappa shape index (κ3) is 4.33. The largest absolute Gasteiger partial charge is 0.491 e. The maximum absolute atomic E-state index is 12.2. The van der Waals surface area contributed by atoms with Gasteiger partial charge in [-0.25, -0.2) is 4.98 Å². The zero-order chi connectivity index (χ0) is 16.9. The van der Waals surface area contributed by atoms with Gasteiger partial charge in [-0.2, -0.15) is 0 Å². The molecule has 0 saturated carbocycles. The van der Waals surface area contributed by atoms with Crippen LogP contribution in [0.4, 0.5) is 5.13 Å². The second-order valence-corrected chi connectivity index (χ2v) is 6.96. The molecular weight excluding hydrogens is 324 g/mol. The summed E-state index contributed by atoms with van der Waals surface area (Å²) in [4.78, 5) is 16.8. The Balaban J connectivity index is 1.63. The van der Waals surface area contributed by atoms with Gasteiger partial charge >= 0.3 is 0 Å². The van der Waals surface area contributed by atoms with Crippen molar-refractivity contribution in [3.05, 3.63) is 29.6 Å². The summed E-state index contributed by atoms with van der Waals surface area (Å²) in [7, 11) is 0. The minimum atomic E-state index is 0.0264. The molecule has 1 saturated heterocycles. The van der Waals surface area contributed by atoms with Crippen LogP contribution in [0.1, 0.15) is 26.7 Å². The number of rotatable bonds is 5. The van der Waals surface area contributed by atoms with Crippen LogP contribution in [0.2, 0.25) is 0 Å². The van der Waals surface area contributed by atoms with Crippen molar-refractivity contribution in [3.8, 4) is 17.0 Å². The summed E-state index contributed by atoms with van der Waals surface area (Å²) >= 11 is 1.45. The highest BCUT2D eigenvalue weighted by molar-refractivity contribution is 7.14. The van der Waals surface area contributed by atoms with Crippen LogP contribution in [0, 0.1) is 5.92 Å². The summed E-state index contributed by atoms with van der Waals surface area (Å²) in [5.41, 5.74) is 1.87. The number of thiazole rings is 1. The molecule has 1 fully saturated rings. The third-order valence-corrected chi connectivity index (χ3v) is 4.61. The van der Waals surface area contributed by atoms with E-state index < -0.39 is 0 Å². The van der Waals surface area contributed by atoms with E-state index in [9.17, 15) is 4.79 Å². The molecule has 0 aliphatic carbocycles. The molecule has 3 rings (SSSR count). The van der Waals surface area contributed by atoms with Crippen LogP contribution in [-0.4, -0.2) is 30.2 Å². The number of carbonyl (C=O) groups is 1.